The summed E-state index contributed by atoms with van der Waals surface area (Å²) < 4.78 is 7.46. The van der Waals surface area contributed by atoms with Crippen molar-refractivity contribution in [1.29, 1.82) is 0 Å². The highest BCUT2D eigenvalue weighted by atomic mass is 79.9. The molecule has 1 unspecified atom stereocenters. The zero-order valence-corrected chi connectivity index (χ0v) is 14.6. The summed E-state index contributed by atoms with van der Waals surface area (Å²) in [5.74, 6) is 0.912. The van der Waals surface area contributed by atoms with Crippen LogP contribution in [-0.4, -0.2) is 7.11 Å². The lowest BCUT2D eigenvalue weighted by Crippen LogP contribution is -1.87. The van der Waals surface area contributed by atoms with Crippen LogP contribution in [0.5, 0.6) is 5.75 Å². The first-order valence-corrected chi connectivity index (χ1v) is 8.53. The van der Waals surface area contributed by atoms with Crippen molar-refractivity contribution >= 4 is 70.5 Å². The number of alkyl halides is 1. The monoisotopic (exact) mass is 444 g/mol. The van der Waals surface area contributed by atoms with E-state index < -0.39 is 0 Å². The minimum Gasteiger partial charge on any atom is -0.496 e. The van der Waals surface area contributed by atoms with Crippen molar-refractivity contribution in [2.75, 3.05) is 7.11 Å². The van der Waals surface area contributed by atoms with E-state index in [0.717, 1.165) is 13.3 Å². The zero-order chi connectivity index (χ0) is 11.7. The number of methoxy groups -OCH3 is 1. The van der Waals surface area contributed by atoms with Gasteiger partial charge in [-0.1, -0.05) is 15.9 Å². The SMILES string of the molecule is COc1csc(C(Br)c2cc(Br)sc2Br)c1. The van der Waals surface area contributed by atoms with Crippen molar-refractivity contribution < 1.29 is 4.74 Å². The van der Waals surface area contributed by atoms with Gasteiger partial charge >= 0.3 is 0 Å². The summed E-state index contributed by atoms with van der Waals surface area (Å²) in [7, 11) is 1.69. The van der Waals surface area contributed by atoms with Gasteiger partial charge in [0.25, 0.3) is 0 Å². The molecular weight excluding hydrogens is 440 g/mol. The first kappa shape index (κ1) is 13.1. The lowest BCUT2D eigenvalue weighted by molar-refractivity contribution is 0.416. The third-order valence-electron chi connectivity index (χ3n) is 2.04. The fraction of sp³-hybridized carbons (Fsp3) is 0.200. The Kier molecular flexibility index (Phi) is 4.51. The molecule has 86 valence electrons. The predicted octanol–water partition coefficient (Wildman–Crippen LogP) is 5.83. The summed E-state index contributed by atoms with van der Waals surface area (Å²) >= 11 is 14.1. The van der Waals surface area contributed by atoms with Crippen LogP contribution < -0.4 is 4.74 Å². The molecule has 0 spiro atoms. The number of thiophene rings is 2. The zero-order valence-electron chi connectivity index (χ0n) is 8.17. The Hall–Kier alpha value is 0.640. The maximum Gasteiger partial charge on any atom is 0.129 e. The summed E-state index contributed by atoms with van der Waals surface area (Å²) in [6.45, 7) is 0. The molecule has 0 radical (unpaired) electrons. The molecule has 2 rings (SSSR count). The smallest absolute Gasteiger partial charge is 0.129 e. The molecule has 0 aliphatic carbocycles. The van der Waals surface area contributed by atoms with E-state index >= 15 is 0 Å². The van der Waals surface area contributed by atoms with E-state index in [1.54, 1.807) is 29.8 Å². The van der Waals surface area contributed by atoms with Crippen molar-refractivity contribution in [3.05, 3.63) is 35.5 Å². The van der Waals surface area contributed by atoms with Crippen LogP contribution in [0.2, 0.25) is 0 Å². The molecule has 0 aliphatic heterocycles. The normalized spacial score (nSPS) is 12.8. The largest absolute Gasteiger partial charge is 0.496 e. The van der Waals surface area contributed by atoms with Crippen LogP contribution in [0.3, 0.4) is 0 Å². The lowest BCUT2D eigenvalue weighted by atomic mass is 10.2. The van der Waals surface area contributed by atoms with Crippen LogP contribution in [-0.2, 0) is 0 Å². The van der Waals surface area contributed by atoms with Gasteiger partial charge in [0.05, 0.1) is 19.5 Å². The number of hydrogen-bond acceptors (Lipinski definition) is 3. The highest BCUT2D eigenvalue weighted by Crippen LogP contribution is 2.44. The van der Waals surface area contributed by atoms with Crippen molar-refractivity contribution in [3.8, 4) is 5.75 Å². The van der Waals surface area contributed by atoms with E-state index in [1.807, 2.05) is 5.38 Å². The summed E-state index contributed by atoms with van der Waals surface area (Å²) in [5, 5.41) is 2.01. The van der Waals surface area contributed by atoms with Crippen molar-refractivity contribution in [2.24, 2.45) is 0 Å². The summed E-state index contributed by atoms with van der Waals surface area (Å²) in [4.78, 5) is 1.45. The molecule has 0 aliphatic rings. The van der Waals surface area contributed by atoms with Crippen LogP contribution in [0.4, 0.5) is 0 Å². The van der Waals surface area contributed by atoms with Gasteiger partial charge in [-0.05, 0) is 49.6 Å². The number of halogens is 3. The van der Waals surface area contributed by atoms with Crippen molar-refractivity contribution in [3.63, 3.8) is 0 Å². The first-order chi connectivity index (χ1) is 7.61. The van der Waals surface area contributed by atoms with E-state index in [1.165, 1.54) is 10.4 Å². The Bertz CT molecular complexity index is 492. The number of ether oxygens (including phenoxy) is 1. The Morgan fingerprint density at radius 1 is 1.31 bits per heavy atom. The molecule has 0 aromatic carbocycles. The third kappa shape index (κ3) is 2.72. The molecule has 0 amide bonds. The first-order valence-electron chi connectivity index (χ1n) is 4.33. The fourth-order valence-electron chi connectivity index (χ4n) is 1.25. The Balaban J connectivity index is 2.31. The average molecular weight is 447 g/mol. The molecule has 16 heavy (non-hydrogen) atoms. The highest BCUT2D eigenvalue weighted by molar-refractivity contribution is 9.12. The van der Waals surface area contributed by atoms with Crippen LogP contribution in [0.1, 0.15) is 15.3 Å². The highest BCUT2D eigenvalue weighted by Gasteiger charge is 2.18. The Morgan fingerprint density at radius 3 is 2.56 bits per heavy atom. The van der Waals surface area contributed by atoms with Crippen LogP contribution in [0, 0.1) is 0 Å². The minimum atomic E-state index is 0.207. The summed E-state index contributed by atoms with van der Waals surface area (Å²) in [5.41, 5.74) is 1.24. The second-order valence-electron chi connectivity index (χ2n) is 3.03. The van der Waals surface area contributed by atoms with Gasteiger partial charge in [-0.2, -0.15) is 0 Å². The molecule has 2 aromatic heterocycles. The maximum absolute atomic E-state index is 5.19. The molecule has 0 bridgehead atoms. The topological polar surface area (TPSA) is 9.23 Å². The Morgan fingerprint density at radius 2 is 2.06 bits per heavy atom. The minimum absolute atomic E-state index is 0.207. The Labute approximate surface area is 127 Å². The van der Waals surface area contributed by atoms with Gasteiger partial charge in [-0.15, -0.1) is 22.7 Å². The average Bonchev–Trinajstić information content (AvgIpc) is 2.84. The fourth-order valence-corrected chi connectivity index (χ4v) is 6.28. The van der Waals surface area contributed by atoms with Crippen molar-refractivity contribution in [2.45, 2.75) is 4.83 Å². The molecule has 0 N–H and O–H groups in total. The van der Waals surface area contributed by atoms with Crippen LogP contribution in [0.15, 0.2) is 25.1 Å². The summed E-state index contributed by atoms with van der Waals surface area (Å²) in [6.07, 6.45) is 0. The summed E-state index contributed by atoms with van der Waals surface area (Å²) in [6, 6.07) is 4.18. The molecule has 0 saturated heterocycles. The van der Waals surface area contributed by atoms with Crippen LogP contribution >= 0.6 is 70.5 Å². The van der Waals surface area contributed by atoms with Gasteiger partial charge in [-0.3, -0.25) is 0 Å². The van der Waals surface area contributed by atoms with Gasteiger partial charge in [0.2, 0.25) is 0 Å². The van der Waals surface area contributed by atoms with Crippen molar-refractivity contribution in [1.82, 2.24) is 0 Å². The number of hydrogen-bond donors (Lipinski definition) is 0. The number of rotatable bonds is 3. The predicted molar refractivity (Wildman–Crippen MR) is 81.4 cm³/mol. The van der Waals surface area contributed by atoms with Crippen LogP contribution in [0.25, 0.3) is 0 Å². The van der Waals surface area contributed by atoms with Gasteiger partial charge < -0.3 is 4.74 Å². The van der Waals surface area contributed by atoms with Gasteiger partial charge in [0.15, 0.2) is 0 Å². The second-order valence-corrected chi connectivity index (χ2v) is 8.64. The van der Waals surface area contributed by atoms with E-state index in [2.05, 4.69) is 59.9 Å². The molecule has 0 fully saturated rings. The van der Waals surface area contributed by atoms with Gasteiger partial charge in [0, 0.05) is 10.3 Å². The molecule has 1 nitrogen and oxygen atoms in total. The molecule has 0 saturated carbocycles. The molecule has 2 heterocycles. The van der Waals surface area contributed by atoms with E-state index in [-0.39, 0.29) is 4.83 Å². The molecule has 1 atom stereocenters. The van der Waals surface area contributed by atoms with E-state index in [4.69, 9.17) is 4.74 Å². The van der Waals surface area contributed by atoms with Gasteiger partial charge in [-0.25, -0.2) is 0 Å². The van der Waals surface area contributed by atoms with E-state index in [9.17, 15) is 0 Å². The second kappa shape index (κ2) is 5.52. The lowest BCUT2D eigenvalue weighted by Gasteiger charge is -2.05. The molecule has 6 heteroatoms. The maximum atomic E-state index is 5.19. The quantitative estimate of drug-likeness (QED) is 0.539. The van der Waals surface area contributed by atoms with Gasteiger partial charge in [0.1, 0.15) is 5.75 Å². The third-order valence-corrected chi connectivity index (χ3v) is 6.69. The molecular formula is C10H7Br3OS2. The standard InChI is InChI=1S/C10H7Br3OS2/c1-14-5-2-7(15-4-5)9(12)6-3-8(11)16-10(6)13/h2-4,9H,1H3. The molecule has 2 aromatic rings. The van der Waals surface area contributed by atoms with E-state index in [0.29, 0.717) is 0 Å².